The van der Waals surface area contributed by atoms with Crippen LogP contribution in [0.1, 0.15) is 29.8 Å². The Morgan fingerprint density at radius 3 is 2.80 bits per heavy atom. The highest BCUT2D eigenvalue weighted by Crippen LogP contribution is 2.41. The molecule has 0 atom stereocenters. The summed E-state index contributed by atoms with van der Waals surface area (Å²) in [4.78, 5) is 23.0. The van der Waals surface area contributed by atoms with E-state index in [1.807, 2.05) is 18.2 Å². The zero-order valence-electron chi connectivity index (χ0n) is 19.4. The summed E-state index contributed by atoms with van der Waals surface area (Å²) in [7, 11) is 1.73. The number of piperidine rings is 1. The van der Waals surface area contributed by atoms with Crippen molar-refractivity contribution in [1.29, 1.82) is 0 Å². The second kappa shape index (κ2) is 10.2. The molecule has 2 aliphatic heterocycles. The molecule has 1 amide bonds. The number of amides is 1. The number of hydrogen-bond acceptors (Lipinski definition) is 5. The van der Waals surface area contributed by atoms with E-state index in [-0.39, 0.29) is 10.9 Å². The van der Waals surface area contributed by atoms with Crippen molar-refractivity contribution < 1.29 is 13.9 Å². The number of likely N-dealkylation sites (tertiary alicyclic amines) is 1. The highest BCUT2D eigenvalue weighted by molar-refractivity contribution is 6.38. The quantitative estimate of drug-likeness (QED) is 0.416. The first-order chi connectivity index (χ1) is 17.0. The zero-order valence-corrected chi connectivity index (χ0v) is 20.2. The fourth-order valence-corrected chi connectivity index (χ4v) is 4.90. The van der Waals surface area contributed by atoms with E-state index in [2.05, 4.69) is 25.5 Å². The predicted molar refractivity (Wildman–Crippen MR) is 136 cm³/mol. The van der Waals surface area contributed by atoms with Gasteiger partial charge in [0.1, 0.15) is 11.6 Å². The largest absolute Gasteiger partial charge is 0.383 e. The first kappa shape index (κ1) is 23.5. The summed E-state index contributed by atoms with van der Waals surface area (Å²) in [5.41, 5.74) is 4.08. The molecule has 7 nitrogen and oxygen atoms in total. The normalized spacial score (nSPS) is 17.9. The maximum Gasteiger partial charge on any atom is 0.257 e. The van der Waals surface area contributed by atoms with Gasteiger partial charge in [0, 0.05) is 67.7 Å². The fourth-order valence-electron chi connectivity index (χ4n) is 4.72. The van der Waals surface area contributed by atoms with Crippen molar-refractivity contribution in [1.82, 2.24) is 14.9 Å². The van der Waals surface area contributed by atoms with E-state index in [0.29, 0.717) is 28.6 Å². The molecule has 3 N–H and O–H groups in total. The molecule has 9 heteroatoms. The monoisotopic (exact) mass is 495 g/mol. The van der Waals surface area contributed by atoms with Crippen molar-refractivity contribution in [2.75, 3.05) is 44.0 Å². The molecule has 0 aliphatic carbocycles. The minimum absolute atomic E-state index is 0.0157. The van der Waals surface area contributed by atoms with E-state index in [1.54, 1.807) is 25.6 Å². The number of aromatic amines is 1. The van der Waals surface area contributed by atoms with Gasteiger partial charge in [-0.05, 0) is 48.7 Å². The Bertz CT molecular complexity index is 1250. The van der Waals surface area contributed by atoms with Gasteiger partial charge in [0.25, 0.3) is 5.91 Å². The molecule has 0 radical (unpaired) electrons. The Kier molecular flexibility index (Phi) is 6.86. The molecule has 182 valence electrons. The van der Waals surface area contributed by atoms with Gasteiger partial charge < -0.3 is 25.3 Å². The van der Waals surface area contributed by atoms with Gasteiger partial charge in [-0.15, -0.1) is 0 Å². The van der Waals surface area contributed by atoms with Gasteiger partial charge in [-0.25, -0.2) is 9.37 Å². The number of nitrogens with one attached hydrogen (secondary N) is 3. The van der Waals surface area contributed by atoms with Crippen molar-refractivity contribution in [3.05, 3.63) is 76.6 Å². The van der Waals surface area contributed by atoms with Crippen molar-refractivity contribution in [2.24, 2.45) is 0 Å². The van der Waals surface area contributed by atoms with E-state index in [4.69, 9.17) is 16.3 Å². The predicted octanol–water partition coefficient (Wildman–Crippen LogP) is 4.64. The Hall–Kier alpha value is -3.20. The summed E-state index contributed by atoms with van der Waals surface area (Å²) >= 11 is 6.09. The van der Waals surface area contributed by atoms with E-state index < -0.39 is 5.82 Å². The third-order valence-electron chi connectivity index (χ3n) is 6.53. The van der Waals surface area contributed by atoms with Crippen molar-refractivity contribution in [2.45, 2.75) is 18.9 Å². The number of anilines is 2. The van der Waals surface area contributed by atoms with Gasteiger partial charge in [-0.3, -0.25) is 4.79 Å². The fraction of sp³-hybridized carbons (Fsp3) is 0.308. The zero-order chi connectivity index (χ0) is 24.4. The molecular formula is C26H27ClFN5O2. The van der Waals surface area contributed by atoms with Crippen LogP contribution in [-0.2, 0) is 9.53 Å². The van der Waals surface area contributed by atoms with Crippen molar-refractivity contribution in [3.63, 3.8) is 0 Å². The first-order valence-corrected chi connectivity index (χ1v) is 12.0. The van der Waals surface area contributed by atoms with Crippen LogP contribution in [0.15, 0.2) is 48.8 Å². The van der Waals surface area contributed by atoms with E-state index >= 15 is 0 Å². The SMILES string of the molecule is COCCN1CCC(Nc2ccc3c(c2)C(=C(c2ccc(F)c(Cl)c2)c2ncc[nH]2)C(=O)N3)CC1. The number of benzene rings is 2. The third-order valence-corrected chi connectivity index (χ3v) is 6.82. The van der Waals surface area contributed by atoms with Crippen LogP contribution >= 0.6 is 11.6 Å². The van der Waals surface area contributed by atoms with Crippen LogP contribution in [0.4, 0.5) is 15.8 Å². The van der Waals surface area contributed by atoms with Crippen LogP contribution in [0.3, 0.4) is 0 Å². The summed E-state index contributed by atoms with van der Waals surface area (Å²) in [5.74, 6) is -0.252. The highest BCUT2D eigenvalue weighted by Gasteiger charge is 2.30. The number of carbonyl (C=O) groups is 1. The number of fused-ring (bicyclic) bond motifs is 1. The average molecular weight is 496 g/mol. The molecule has 5 rings (SSSR count). The molecule has 35 heavy (non-hydrogen) atoms. The molecule has 0 saturated carbocycles. The summed E-state index contributed by atoms with van der Waals surface area (Å²) in [6.07, 6.45) is 5.37. The number of H-pyrrole nitrogens is 1. The third kappa shape index (κ3) is 4.96. The smallest absolute Gasteiger partial charge is 0.257 e. The van der Waals surface area contributed by atoms with Gasteiger partial charge in [0.15, 0.2) is 0 Å². The number of rotatable bonds is 7. The number of hydrogen-bond donors (Lipinski definition) is 3. The molecule has 3 aromatic rings. The van der Waals surface area contributed by atoms with Gasteiger partial charge in [0.05, 0.1) is 17.2 Å². The standard InChI is InChI=1S/C26H27ClFN5O2/c1-35-13-12-33-10-6-17(7-11-33)31-18-3-5-22-19(15-18)24(26(34)32-22)23(25-29-8-9-30-25)16-2-4-21(28)20(27)14-16/h2-5,8-9,14-15,17,31H,6-7,10-13H2,1H3,(H,29,30)(H,32,34). The van der Waals surface area contributed by atoms with Crippen LogP contribution in [0.5, 0.6) is 0 Å². The number of imidazole rings is 1. The lowest BCUT2D eigenvalue weighted by Gasteiger charge is -2.32. The Morgan fingerprint density at radius 2 is 2.09 bits per heavy atom. The summed E-state index contributed by atoms with van der Waals surface area (Å²) in [5, 5.41) is 6.57. The molecule has 1 aromatic heterocycles. The Morgan fingerprint density at radius 1 is 1.26 bits per heavy atom. The van der Waals surface area contributed by atoms with Gasteiger partial charge in [-0.2, -0.15) is 0 Å². The molecule has 3 heterocycles. The second-order valence-electron chi connectivity index (χ2n) is 8.78. The molecule has 0 unspecified atom stereocenters. The van der Waals surface area contributed by atoms with Gasteiger partial charge in [0.2, 0.25) is 0 Å². The van der Waals surface area contributed by atoms with E-state index in [0.717, 1.165) is 56.0 Å². The number of halogens is 2. The average Bonchev–Trinajstić information content (AvgIpc) is 3.50. The van der Waals surface area contributed by atoms with Gasteiger partial charge in [-0.1, -0.05) is 17.7 Å². The number of nitrogens with zero attached hydrogens (tertiary/aromatic N) is 2. The van der Waals surface area contributed by atoms with Gasteiger partial charge >= 0.3 is 0 Å². The second-order valence-corrected chi connectivity index (χ2v) is 9.19. The molecule has 2 aliphatic rings. The summed E-state index contributed by atoms with van der Waals surface area (Å²) < 4.78 is 19.1. The van der Waals surface area contributed by atoms with Crippen LogP contribution < -0.4 is 10.6 Å². The van der Waals surface area contributed by atoms with Crippen LogP contribution in [-0.4, -0.2) is 60.2 Å². The molecule has 2 aromatic carbocycles. The van der Waals surface area contributed by atoms with Crippen LogP contribution in [0, 0.1) is 5.82 Å². The van der Waals surface area contributed by atoms with E-state index in [9.17, 15) is 9.18 Å². The number of ether oxygens (including phenoxy) is 1. The molecule has 0 bridgehead atoms. The molecular weight excluding hydrogens is 469 g/mol. The topological polar surface area (TPSA) is 82.3 Å². The number of methoxy groups -OCH3 is 1. The highest BCUT2D eigenvalue weighted by atomic mass is 35.5. The maximum atomic E-state index is 13.9. The van der Waals surface area contributed by atoms with Crippen molar-refractivity contribution >= 4 is 40.0 Å². The first-order valence-electron chi connectivity index (χ1n) is 11.7. The minimum atomic E-state index is -0.518. The summed E-state index contributed by atoms with van der Waals surface area (Å²) in [6.45, 7) is 3.74. The van der Waals surface area contributed by atoms with Crippen LogP contribution in [0.25, 0.3) is 11.1 Å². The summed E-state index contributed by atoms with van der Waals surface area (Å²) in [6, 6.07) is 10.7. The van der Waals surface area contributed by atoms with E-state index in [1.165, 1.54) is 12.1 Å². The Balaban J connectivity index is 1.47. The van der Waals surface area contributed by atoms with Crippen molar-refractivity contribution in [3.8, 4) is 0 Å². The lowest BCUT2D eigenvalue weighted by Crippen LogP contribution is -2.40. The number of carbonyl (C=O) groups excluding carboxylic acids is 1. The minimum Gasteiger partial charge on any atom is -0.383 e. The Labute approximate surface area is 208 Å². The lowest BCUT2D eigenvalue weighted by atomic mass is 9.94. The number of aromatic nitrogens is 2. The molecule has 1 saturated heterocycles. The molecule has 0 spiro atoms. The molecule has 1 fully saturated rings. The van der Waals surface area contributed by atoms with Crippen LogP contribution in [0.2, 0.25) is 5.02 Å². The lowest BCUT2D eigenvalue weighted by molar-refractivity contribution is -0.110. The maximum absolute atomic E-state index is 13.9.